The van der Waals surface area contributed by atoms with Gasteiger partial charge in [0.2, 0.25) is 0 Å². The van der Waals surface area contributed by atoms with E-state index in [1.165, 1.54) is 11.4 Å². The zero-order chi connectivity index (χ0) is 16.3. The van der Waals surface area contributed by atoms with Gasteiger partial charge in [0, 0.05) is 36.2 Å². The molecule has 1 amide bonds. The number of H-pyrrole nitrogens is 2. The van der Waals surface area contributed by atoms with E-state index in [0.29, 0.717) is 5.92 Å². The second kappa shape index (κ2) is 4.93. The molecule has 3 heterocycles. The molecule has 2 N–H and O–H groups in total. The lowest BCUT2D eigenvalue weighted by Crippen LogP contribution is -2.48. The van der Waals surface area contributed by atoms with Crippen molar-refractivity contribution in [3.05, 3.63) is 47.3 Å². The fourth-order valence-electron chi connectivity index (χ4n) is 4.28. The van der Waals surface area contributed by atoms with Crippen molar-refractivity contribution in [2.45, 2.75) is 38.1 Å². The number of rotatable bonds is 1. The number of hydrogen-bond donors (Lipinski definition) is 2. The number of carbonyl (C=O) groups excluding carboxylic acids is 1. The van der Waals surface area contributed by atoms with Gasteiger partial charge in [0.1, 0.15) is 5.82 Å². The third kappa shape index (κ3) is 1.99. The van der Waals surface area contributed by atoms with Crippen LogP contribution < -0.4 is 0 Å². The SMILES string of the molecule is Cc1nc2c([nH]1)C[C@H]1CC2CCN1C(=O)c1ccc2nc[nH]c2c1. The van der Waals surface area contributed by atoms with Gasteiger partial charge in [0.05, 0.1) is 23.1 Å². The second-order valence-electron chi connectivity index (χ2n) is 6.90. The van der Waals surface area contributed by atoms with Crippen molar-refractivity contribution < 1.29 is 4.79 Å². The average Bonchev–Trinajstić information content (AvgIpc) is 3.19. The van der Waals surface area contributed by atoms with Crippen LogP contribution in [0.15, 0.2) is 24.5 Å². The predicted molar refractivity (Wildman–Crippen MR) is 89.9 cm³/mol. The summed E-state index contributed by atoms with van der Waals surface area (Å²) in [7, 11) is 0. The van der Waals surface area contributed by atoms with Crippen molar-refractivity contribution in [2.24, 2.45) is 0 Å². The Labute approximate surface area is 139 Å². The molecule has 0 spiro atoms. The fourth-order valence-corrected chi connectivity index (χ4v) is 4.28. The van der Waals surface area contributed by atoms with Crippen LogP contribution >= 0.6 is 0 Å². The van der Waals surface area contributed by atoms with Gasteiger partial charge in [-0.15, -0.1) is 0 Å². The van der Waals surface area contributed by atoms with Crippen molar-refractivity contribution in [1.82, 2.24) is 24.8 Å². The molecule has 1 unspecified atom stereocenters. The summed E-state index contributed by atoms with van der Waals surface area (Å²) in [5, 5.41) is 0. The molecule has 6 heteroatoms. The summed E-state index contributed by atoms with van der Waals surface area (Å²) in [4.78, 5) is 30.4. The summed E-state index contributed by atoms with van der Waals surface area (Å²) in [6.45, 7) is 2.81. The van der Waals surface area contributed by atoms with Crippen molar-refractivity contribution in [1.29, 1.82) is 0 Å². The molecule has 1 aliphatic carbocycles. The van der Waals surface area contributed by atoms with Gasteiger partial charge in [-0.3, -0.25) is 4.79 Å². The monoisotopic (exact) mass is 321 g/mol. The topological polar surface area (TPSA) is 77.7 Å². The Morgan fingerprint density at radius 1 is 1.38 bits per heavy atom. The maximum absolute atomic E-state index is 13.0. The lowest BCUT2D eigenvalue weighted by Gasteiger charge is -2.42. The number of benzene rings is 1. The summed E-state index contributed by atoms with van der Waals surface area (Å²) < 4.78 is 0. The molecule has 2 aliphatic rings. The molecule has 3 aromatic rings. The minimum atomic E-state index is 0.120. The van der Waals surface area contributed by atoms with Crippen molar-refractivity contribution in [3.63, 3.8) is 0 Å². The first-order valence-electron chi connectivity index (χ1n) is 8.48. The highest BCUT2D eigenvalue weighted by atomic mass is 16.2. The largest absolute Gasteiger partial charge is 0.346 e. The molecule has 0 saturated carbocycles. The first-order chi connectivity index (χ1) is 11.7. The molecule has 1 aliphatic heterocycles. The van der Waals surface area contributed by atoms with Gasteiger partial charge in [0.25, 0.3) is 5.91 Å². The number of aryl methyl sites for hydroxylation is 1. The van der Waals surface area contributed by atoms with E-state index in [1.807, 2.05) is 30.0 Å². The molecule has 24 heavy (non-hydrogen) atoms. The molecular formula is C18H19N5O. The summed E-state index contributed by atoms with van der Waals surface area (Å²) in [5.41, 5.74) is 4.98. The van der Waals surface area contributed by atoms with Gasteiger partial charge >= 0.3 is 0 Å². The zero-order valence-corrected chi connectivity index (χ0v) is 13.5. The normalized spacial score (nSPS) is 22.6. The first kappa shape index (κ1) is 13.8. The van der Waals surface area contributed by atoms with E-state index in [4.69, 9.17) is 0 Å². The minimum absolute atomic E-state index is 0.120. The smallest absolute Gasteiger partial charge is 0.254 e. The predicted octanol–water partition coefficient (Wildman–Crippen LogP) is 2.54. The molecular weight excluding hydrogens is 302 g/mol. The lowest BCUT2D eigenvalue weighted by molar-refractivity contribution is 0.0571. The van der Waals surface area contributed by atoms with Crippen LogP contribution in [0.1, 0.15) is 46.3 Å². The Balaban J connectivity index is 1.46. The number of amides is 1. The van der Waals surface area contributed by atoms with Crippen molar-refractivity contribution in [3.8, 4) is 0 Å². The Bertz CT molecular complexity index is 940. The highest BCUT2D eigenvalue weighted by Gasteiger charge is 2.39. The molecule has 1 aromatic carbocycles. The number of likely N-dealkylation sites (tertiary alicyclic amines) is 1. The van der Waals surface area contributed by atoms with Crippen molar-refractivity contribution in [2.75, 3.05) is 6.54 Å². The van der Waals surface area contributed by atoms with E-state index < -0.39 is 0 Å². The number of nitrogens with one attached hydrogen (secondary N) is 2. The van der Waals surface area contributed by atoms with Crippen LogP contribution in [-0.4, -0.2) is 43.3 Å². The number of nitrogens with zero attached hydrogens (tertiary/aromatic N) is 3. The first-order valence-corrected chi connectivity index (χ1v) is 8.48. The summed E-state index contributed by atoms with van der Waals surface area (Å²) in [6, 6.07) is 5.96. The summed E-state index contributed by atoms with van der Waals surface area (Å²) >= 11 is 0. The van der Waals surface area contributed by atoms with E-state index in [1.54, 1.807) is 6.33 Å². The van der Waals surface area contributed by atoms with E-state index in [2.05, 4.69) is 19.9 Å². The number of aromatic nitrogens is 4. The van der Waals surface area contributed by atoms with E-state index in [0.717, 1.165) is 48.2 Å². The van der Waals surface area contributed by atoms with Gasteiger partial charge in [-0.1, -0.05) is 0 Å². The lowest BCUT2D eigenvalue weighted by atomic mass is 9.80. The van der Waals surface area contributed by atoms with E-state index in [9.17, 15) is 4.79 Å². The molecule has 122 valence electrons. The van der Waals surface area contributed by atoms with Crippen LogP contribution in [0.2, 0.25) is 0 Å². The van der Waals surface area contributed by atoms with Crippen molar-refractivity contribution >= 4 is 16.9 Å². The standard InChI is InChI=1S/C18H19N5O/c1-10-21-16-8-13-6-11(17(16)22-10)4-5-23(13)18(24)12-2-3-14-15(7-12)20-9-19-14/h2-3,7,9,11,13H,4-6,8H2,1H3,(H,19,20)(H,21,22)/t11?,13-/m1/s1. The molecule has 1 fully saturated rings. The van der Waals surface area contributed by atoms with E-state index in [-0.39, 0.29) is 11.9 Å². The molecule has 5 rings (SSSR count). The third-order valence-electron chi connectivity index (χ3n) is 5.40. The molecule has 1 saturated heterocycles. The van der Waals surface area contributed by atoms with Crippen LogP contribution in [0.4, 0.5) is 0 Å². The number of imidazole rings is 2. The fraction of sp³-hybridized carbons (Fsp3) is 0.389. The molecule has 0 radical (unpaired) electrons. The summed E-state index contributed by atoms with van der Waals surface area (Å²) in [5.74, 6) is 1.59. The number of carbonyl (C=O) groups is 1. The van der Waals surface area contributed by atoms with Crippen LogP contribution in [0.25, 0.3) is 11.0 Å². The van der Waals surface area contributed by atoms with Gasteiger partial charge in [-0.05, 0) is 38.0 Å². The molecule has 2 atom stereocenters. The highest BCUT2D eigenvalue weighted by Crippen LogP contribution is 2.39. The zero-order valence-electron chi connectivity index (χ0n) is 13.5. The Kier molecular flexibility index (Phi) is 2.83. The van der Waals surface area contributed by atoms with Gasteiger partial charge in [-0.2, -0.15) is 0 Å². The van der Waals surface area contributed by atoms with Gasteiger partial charge in [-0.25, -0.2) is 9.97 Å². The Morgan fingerprint density at radius 3 is 3.21 bits per heavy atom. The maximum Gasteiger partial charge on any atom is 0.254 e. The number of hydrogen-bond acceptors (Lipinski definition) is 3. The van der Waals surface area contributed by atoms with Crippen LogP contribution in [0, 0.1) is 6.92 Å². The van der Waals surface area contributed by atoms with Crippen LogP contribution in [-0.2, 0) is 6.42 Å². The number of fused-ring (bicyclic) bond motifs is 5. The maximum atomic E-state index is 13.0. The average molecular weight is 321 g/mol. The Hall–Kier alpha value is -2.63. The van der Waals surface area contributed by atoms with Crippen LogP contribution in [0.5, 0.6) is 0 Å². The highest BCUT2D eigenvalue weighted by molar-refractivity contribution is 5.97. The Morgan fingerprint density at radius 2 is 2.29 bits per heavy atom. The van der Waals surface area contributed by atoms with Gasteiger partial charge in [0.15, 0.2) is 0 Å². The van der Waals surface area contributed by atoms with Gasteiger partial charge < -0.3 is 14.9 Å². The number of aromatic amines is 2. The van der Waals surface area contributed by atoms with Crippen LogP contribution in [0.3, 0.4) is 0 Å². The second-order valence-corrected chi connectivity index (χ2v) is 6.90. The summed E-state index contributed by atoms with van der Waals surface area (Å²) in [6.07, 6.45) is 4.56. The quantitative estimate of drug-likeness (QED) is 0.723. The molecule has 2 aromatic heterocycles. The molecule has 2 bridgehead atoms. The third-order valence-corrected chi connectivity index (χ3v) is 5.40. The van der Waals surface area contributed by atoms with E-state index >= 15 is 0 Å². The molecule has 6 nitrogen and oxygen atoms in total. The minimum Gasteiger partial charge on any atom is -0.346 e. The number of piperidine rings is 1.